The van der Waals surface area contributed by atoms with Crippen LogP contribution in [0.15, 0.2) is 23.2 Å². The highest BCUT2D eigenvalue weighted by Gasteiger charge is 2.06. The van der Waals surface area contributed by atoms with Crippen molar-refractivity contribution < 1.29 is 9.53 Å². The van der Waals surface area contributed by atoms with E-state index >= 15 is 0 Å². The van der Waals surface area contributed by atoms with Crippen molar-refractivity contribution in [1.82, 2.24) is 10.4 Å². The summed E-state index contributed by atoms with van der Waals surface area (Å²) in [5.74, 6) is 0. The first-order valence-electron chi connectivity index (χ1n) is 4.43. The second kappa shape index (κ2) is 9.83. The molecule has 6 heteroatoms. The summed E-state index contributed by atoms with van der Waals surface area (Å²) in [4.78, 5) is 11.1. The maximum absolute atomic E-state index is 11.1. The minimum absolute atomic E-state index is 0.330. The lowest BCUT2D eigenvalue weighted by atomic mass is 10.5. The number of nitrogens with one attached hydrogen (secondary N) is 1. The Morgan fingerprint density at radius 3 is 2.27 bits per heavy atom. The normalized spacial score (nSPS) is 11.5. The SMILES string of the molecule is CCOC(=O)NN(CC=CCl)CC=CCl. The van der Waals surface area contributed by atoms with Crippen LogP contribution in [0.25, 0.3) is 0 Å². The quantitative estimate of drug-likeness (QED) is 0.739. The van der Waals surface area contributed by atoms with Gasteiger partial charge in [-0.15, -0.1) is 0 Å². The van der Waals surface area contributed by atoms with E-state index in [4.69, 9.17) is 27.9 Å². The van der Waals surface area contributed by atoms with Crippen LogP contribution in [-0.4, -0.2) is 30.8 Å². The summed E-state index contributed by atoms with van der Waals surface area (Å²) >= 11 is 10.8. The first-order chi connectivity index (χ1) is 7.24. The summed E-state index contributed by atoms with van der Waals surface area (Å²) in [5.41, 5.74) is 5.30. The predicted molar refractivity (Wildman–Crippen MR) is 61.7 cm³/mol. The van der Waals surface area contributed by atoms with Gasteiger partial charge in [-0.05, 0) is 6.92 Å². The van der Waals surface area contributed by atoms with Gasteiger partial charge in [-0.3, -0.25) is 5.43 Å². The number of ether oxygens (including phenoxy) is 1. The van der Waals surface area contributed by atoms with Crippen LogP contribution in [0, 0.1) is 0 Å². The van der Waals surface area contributed by atoms with Crippen molar-refractivity contribution in [3.05, 3.63) is 23.2 Å². The van der Waals surface area contributed by atoms with Gasteiger partial charge in [0.05, 0.1) is 6.61 Å². The van der Waals surface area contributed by atoms with E-state index in [0.29, 0.717) is 19.7 Å². The number of halogens is 2. The van der Waals surface area contributed by atoms with Gasteiger partial charge in [-0.2, -0.15) is 0 Å². The summed E-state index contributed by atoms with van der Waals surface area (Å²) in [7, 11) is 0. The molecule has 0 aliphatic heterocycles. The van der Waals surface area contributed by atoms with E-state index in [0.717, 1.165) is 0 Å². The average molecular weight is 253 g/mol. The average Bonchev–Trinajstić information content (AvgIpc) is 2.22. The fraction of sp³-hybridized carbons (Fsp3) is 0.444. The van der Waals surface area contributed by atoms with E-state index in [2.05, 4.69) is 5.43 Å². The van der Waals surface area contributed by atoms with E-state index < -0.39 is 6.09 Å². The summed E-state index contributed by atoms with van der Waals surface area (Å²) in [5, 5.41) is 1.61. The third kappa shape index (κ3) is 8.30. The van der Waals surface area contributed by atoms with Crippen LogP contribution in [0.5, 0.6) is 0 Å². The van der Waals surface area contributed by atoms with Gasteiger partial charge in [0.25, 0.3) is 0 Å². The Hall–Kier alpha value is -0.710. The molecule has 1 N–H and O–H groups in total. The lowest BCUT2D eigenvalue weighted by molar-refractivity contribution is 0.118. The van der Waals surface area contributed by atoms with Gasteiger partial charge in [-0.25, -0.2) is 9.80 Å². The number of carbonyl (C=O) groups is 1. The standard InChI is InChI=1S/C9H14Cl2N2O2/c1-2-15-9(14)12-13(7-3-5-10)8-4-6-11/h3-6H,2,7-8H2,1H3,(H,12,14). The zero-order valence-electron chi connectivity index (χ0n) is 8.45. The predicted octanol–water partition coefficient (Wildman–Crippen LogP) is 2.45. The third-order valence-electron chi connectivity index (χ3n) is 1.35. The number of hydrazine groups is 1. The van der Waals surface area contributed by atoms with Gasteiger partial charge < -0.3 is 4.74 Å². The molecule has 0 fully saturated rings. The van der Waals surface area contributed by atoms with Crippen molar-refractivity contribution in [2.45, 2.75) is 6.92 Å². The summed E-state index contributed by atoms with van der Waals surface area (Å²) in [6.07, 6.45) is 2.88. The Bertz CT molecular complexity index is 218. The van der Waals surface area contributed by atoms with Gasteiger partial charge >= 0.3 is 6.09 Å². The summed E-state index contributed by atoms with van der Waals surface area (Å²) in [6, 6.07) is 0. The highest BCUT2D eigenvalue weighted by Crippen LogP contribution is 1.90. The Morgan fingerprint density at radius 1 is 1.33 bits per heavy atom. The highest BCUT2D eigenvalue weighted by molar-refractivity contribution is 6.25. The van der Waals surface area contributed by atoms with E-state index in [-0.39, 0.29) is 0 Å². The first-order valence-corrected chi connectivity index (χ1v) is 5.30. The molecule has 0 unspecified atom stereocenters. The smallest absolute Gasteiger partial charge is 0.421 e. The number of carbonyl (C=O) groups excluding carboxylic acids is 1. The van der Waals surface area contributed by atoms with Gasteiger partial charge in [0.2, 0.25) is 0 Å². The lowest BCUT2D eigenvalue weighted by Crippen LogP contribution is -2.42. The molecule has 0 aliphatic carbocycles. The molecular weight excluding hydrogens is 239 g/mol. The Balaban J connectivity index is 4.04. The van der Waals surface area contributed by atoms with Crippen molar-refractivity contribution in [3.8, 4) is 0 Å². The van der Waals surface area contributed by atoms with Crippen molar-refractivity contribution in [3.63, 3.8) is 0 Å². The molecule has 0 atom stereocenters. The number of hydrogen-bond donors (Lipinski definition) is 1. The minimum atomic E-state index is -0.497. The molecule has 86 valence electrons. The fourth-order valence-corrected chi connectivity index (χ4v) is 0.952. The molecule has 0 aromatic heterocycles. The molecular formula is C9H14Cl2N2O2. The van der Waals surface area contributed by atoms with Crippen molar-refractivity contribution >= 4 is 29.3 Å². The second-order valence-electron chi connectivity index (χ2n) is 2.46. The molecule has 0 bridgehead atoms. The van der Waals surface area contributed by atoms with Crippen LogP contribution in [0.1, 0.15) is 6.92 Å². The van der Waals surface area contributed by atoms with Crippen molar-refractivity contribution in [2.75, 3.05) is 19.7 Å². The third-order valence-corrected chi connectivity index (χ3v) is 1.71. The molecule has 0 saturated carbocycles. The first kappa shape index (κ1) is 14.3. The number of hydrogen-bond acceptors (Lipinski definition) is 3. The van der Waals surface area contributed by atoms with Gasteiger partial charge in [0, 0.05) is 24.2 Å². The topological polar surface area (TPSA) is 41.6 Å². The maximum Gasteiger partial charge on any atom is 0.421 e. The van der Waals surface area contributed by atoms with E-state index in [9.17, 15) is 4.79 Å². The second-order valence-corrected chi connectivity index (χ2v) is 2.96. The Kier molecular flexibility index (Phi) is 9.36. The van der Waals surface area contributed by atoms with Crippen LogP contribution in [-0.2, 0) is 4.74 Å². The minimum Gasteiger partial charge on any atom is -0.449 e. The number of rotatable bonds is 6. The van der Waals surface area contributed by atoms with E-state index in [1.807, 2.05) is 0 Å². The molecule has 0 radical (unpaired) electrons. The molecule has 0 saturated heterocycles. The molecule has 4 nitrogen and oxygen atoms in total. The molecule has 0 aromatic carbocycles. The van der Waals surface area contributed by atoms with Gasteiger partial charge in [-0.1, -0.05) is 35.4 Å². The summed E-state index contributed by atoms with van der Waals surface area (Å²) < 4.78 is 4.73. The number of nitrogens with zero attached hydrogens (tertiary/aromatic N) is 1. The summed E-state index contributed by atoms with van der Waals surface area (Å²) in [6.45, 7) is 3.02. The van der Waals surface area contributed by atoms with Crippen LogP contribution in [0.2, 0.25) is 0 Å². The zero-order valence-corrected chi connectivity index (χ0v) is 9.96. The largest absolute Gasteiger partial charge is 0.449 e. The zero-order chi connectivity index (χ0) is 11.5. The molecule has 0 rings (SSSR count). The number of amides is 1. The van der Waals surface area contributed by atoms with Crippen LogP contribution < -0.4 is 5.43 Å². The highest BCUT2D eigenvalue weighted by atomic mass is 35.5. The van der Waals surface area contributed by atoms with E-state index in [1.165, 1.54) is 11.1 Å². The Morgan fingerprint density at radius 2 is 1.87 bits per heavy atom. The van der Waals surface area contributed by atoms with Crippen LogP contribution in [0.3, 0.4) is 0 Å². The lowest BCUT2D eigenvalue weighted by Gasteiger charge is -2.19. The fourth-order valence-electron chi connectivity index (χ4n) is 0.792. The van der Waals surface area contributed by atoms with E-state index in [1.54, 1.807) is 24.1 Å². The molecule has 0 heterocycles. The molecule has 0 aromatic rings. The molecule has 15 heavy (non-hydrogen) atoms. The molecule has 0 spiro atoms. The van der Waals surface area contributed by atoms with Crippen molar-refractivity contribution in [2.24, 2.45) is 0 Å². The molecule has 1 amide bonds. The van der Waals surface area contributed by atoms with Gasteiger partial charge in [0.1, 0.15) is 0 Å². The van der Waals surface area contributed by atoms with Gasteiger partial charge in [0.15, 0.2) is 0 Å². The van der Waals surface area contributed by atoms with Crippen LogP contribution >= 0.6 is 23.2 Å². The van der Waals surface area contributed by atoms with Crippen LogP contribution in [0.4, 0.5) is 4.79 Å². The maximum atomic E-state index is 11.1. The molecule has 0 aliphatic rings. The Labute approximate surface area is 99.4 Å². The van der Waals surface area contributed by atoms with Crippen molar-refractivity contribution in [1.29, 1.82) is 0 Å². The monoisotopic (exact) mass is 252 g/mol.